The van der Waals surface area contributed by atoms with E-state index < -0.39 is 14.2 Å². The fourth-order valence-corrected chi connectivity index (χ4v) is 1.03. The van der Waals surface area contributed by atoms with Crippen LogP contribution in [-0.2, 0) is 17.3 Å². The van der Waals surface area contributed by atoms with Gasteiger partial charge in [-0.2, -0.15) is 0 Å². The predicted octanol–water partition coefficient (Wildman–Crippen LogP) is 1.37. The van der Waals surface area contributed by atoms with Gasteiger partial charge in [-0.05, 0) is 6.42 Å². The van der Waals surface area contributed by atoms with E-state index in [-0.39, 0.29) is 0 Å². The maximum atomic E-state index is 8.78. The van der Waals surface area contributed by atoms with Crippen LogP contribution in [0, 0.1) is 0 Å². The van der Waals surface area contributed by atoms with Crippen LogP contribution in [0.2, 0.25) is 0 Å². The van der Waals surface area contributed by atoms with Crippen molar-refractivity contribution in [1.29, 1.82) is 0 Å². The number of hydrogen-bond acceptors (Lipinski definition) is 1. The molecule has 3 nitrogen and oxygen atoms in total. The molecule has 0 amide bonds. The summed E-state index contributed by atoms with van der Waals surface area (Å²) >= 11 is -1.03. The summed E-state index contributed by atoms with van der Waals surface area (Å²) in [4.78, 5) is 3.20. The molecule has 0 bridgehead atoms. The van der Waals surface area contributed by atoms with Gasteiger partial charge in [0, 0.05) is 6.42 Å². The Morgan fingerprint density at radius 1 is 1.69 bits per heavy atom. The molecule has 0 saturated carbocycles. The molecule has 0 aliphatic carbocycles. The van der Waals surface area contributed by atoms with Gasteiger partial charge in [0.25, 0.3) is 5.82 Å². The van der Waals surface area contributed by atoms with E-state index in [1.165, 1.54) is 25.1 Å². The van der Waals surface area contributed by atoms with Crippen LogP contribution in [0.5, 0.6) is 0 Å². The SMILES string of the molecule is CCCCc1[nH]cc[n+]1C.[O]=[Al][Cl]. The van der Waals surface area contributed by atoms with Gasteiger partial charge in [-0.15, -0.1) is 0 Å². The van der Waals surface area contributed by atoms with E-state index in [1.54, 1.807) is 0 Å². The molecule has 0 aliphatic heterocycles. The first-order chi connectivity index (χ1) is 6.26. The van der Waals surface area contributed by atoms with E-state index in [2.05, 4.69) is 33.6 Å². The van der Waals surface area contributed by atoms with Crippen molar-refractivity contribution < 1.29 is 8.37 Å². The fourth-order valence-electron chi connectivity index (χ4n) is 1.03. The van der Waals surface area contributed by atoms with Gasteiger partial charge in [0.1, 0.15) is 12.4 Å². The molecule has 5 heteroatoms. The summed E-state index contributed by atoms with van der Waals surface area (Å²) in [5.41, 5.74) is 0. The van der Waals surface area contributed by atoms with Crippen molar-refractivity contribution >= 4 is 24.3 Å². The van der Waals surface area contributed by atoms with Crippen molar-refractivity contribution in [2.24, 2.45) is 7.05 Å². The first-order valence-electron chi connectivity index (χ1n) is 4.32. The summed E-state index contributed by atoms with van der Waals surface area (Å²) in [6, 6.07) is 0. The van der Waals surface area contributed by atoms with Crippen molar-refractivity contribution in [2.75, 3.05) is 0 Å². The average Bonchev–Trinajstić information content (AvgIpc) is 2.49. The summed E-state index contributed by atoms with van der Waals surface area (Å²) in [6.45, 7) is 2.21. The van der Waals surface area contributed by atoms with Crippen molar-refractivity contribution in [2.45, 2.75) is 26.2 Å². The standard InChI is InChI=1S/C8H14N2.Al.ClH.O/c1-3-4-5-8-9-6-7-10(8)2;;;/h6-7H,3-5H2,1-2H3;;1H;/q;+1;;. The third-order valence-corrected chi connectivity index (χ3v) is 1.74. The molecule has 0 radical (unpaired) electrons. The molecule has 0 unspecified atom stereocenters. The number of halogens is 1. The minimum atomic E-state index is -1.03. The van der Waals surface area contributed by atoms with Crippen molar-refractivity contribution in [3.8, 4) is 0 Å². The first-order valence-corrected chi connectivity index (χ1v) is 6.53. The second-order valence-corrected chi connectivity index (χ2v) is 3.42. The Bertz CT molecular complexity index is 240. The summed E-state index contributed by atoms with van der Waals surface area (Å²) in [5.74, 6) is 1.32. The molecule has 0 aliphatic rings. The Labute approximate surface area is 89.2 Å². The van der Waals surface area contributed by atoms with Gasteiger partial charge in [-0.3, -0.25) is 0 Å². The molecule has 13 heavy (non-hydrogen) atoms. The molecule has 0 aromatic carbocycles. The number of nitrogens with one attached hydrogen (secondary N) is 1. The minimum absolute atomic E-state index is 1.03. The van der Waals surface area contributed by atoms with Crippen molar-refractivity contribution in [3.63, 3.8) is 0 Å². The molecule has 0 saturated heterocycles. The number of H-pyrrole nitrogens is 1. The van der Waals surface area contributed by atoms with Gasteiger partial charge in [-0.25, -0.2) is 9.55 Å². The molecule has 1 N–H and O–H groups in total. The van der Waals surface area contributed by atoms with E-state index in [4.69, 9.17) is 3.80 Å². The third kappa shape index (κ3) is 5.98. The molecule has 1 aromatic heterocycles. The van der Waals surface area contributed by atoms with Crippen LogP contribution in [0.25, 0.3) is 0 Å². The monoisotopic (exact) mass is 217 g/mol. The number of aromatic amines is 1. The van der Waals surface area contributed by atoms with E-state index in [0.29, 0.717) is 0 Å². The first kappa shape index (κ1) is 12.8. The second kappa shape index (κ2) is 8.43. The van der Waals surface area contributed by atoms with Crippen LogP contribution in [0.1, 0.15) is 25.6 Å². The molecule has 0 fully saturated rings. The number of hydrogen-bond donors (Lipinski definition) is 1. The van der Waals surface area contributed by atoms with Gasteiger partial charge in [0.05, 0.1) is 7.05 Å². The summed E-state index contributed by atoms with van der Waals surface area (Å²) < 4.78 is 10.9. The van der Waals surface area contributed by atoms with Crippen LogP contribution < -0.4 is 4.57 Å². The number of unbranched alkanes of at least 4 members (excludes halogenated alkanes) is 1. The van der Waals surface area contributed by atoms with E-state index >= 15 is 0 Å². The fraction of sp³-hybridized carbons (Fsp3) is 0.625. The Kier molecular flexibility index (Phi) is 8.32. The third-order valence-electron chi connectivity index (χ3n) is 1.74. The number of rotatable bonds is 3. The topological polar surface area (TPSA) is 36.7 Å². The Balaban J connectivity index is 0.000000424. The molecule has 1 heterocycles. The Morgan fingerprint density at radius 2 is 2.31 bits per heavy atom. The maximum absolute atomic E-state index is 8.78. The van der Waals surface area contributed by atoms with Crippen LogP contribution in [0.15, 0.2) is 12.4 Å². The van der Waals surface area contributed by atoms with Crippen LogP contribution in [-0.4, -0.2) is 19.2 Å². The molecule has 0 atom stereocenters. The average molecular weight is 218 g/mol. The zero-order chi connectivity index (χ0) is 10.1. The molecule has 72 valence electrons. The van der Waals surface area contributed by atoms with Crippen molar-refractivity contribution in [1.82, 2.24) is 4.98 Å². The zero-order valence-electron chi connectivity index (χ0n) is 8.09. The van der Waals surface area contributed by atoms with E-state index in [1.807, 2.05) is 12.4 Å². The van der Waals surface area contributed by atoms with Gasteiger partial charge in [0.15, 0.2) is 0 Å². The quantitative estimate of drug-likeness (QED) is 0.603. The van der Waals surface area contributed by atoms with Crippen LogP contribution in [0.4, 0.5) is 0 Å². The van der Waals surface area contributed by atoms with Gasteiger partial charge in [0.2, 0.25) is 0 Å². The zero-order valence-corrected chi connectivity index (χ0v) is 10.00. The molecular weight excluding hydrogens is 203 g/mol. The van der Waals surface area contributed by atoms with E-state index in [0.717, 1.165) is 0 Å². The number of nitrogens with zero attached hydrogens (tertiary/aromatic N) is 1. The summed E-state index contributed by atoms with van der Waals surface area (Å²) in [6.07, 6.45) is 7.73. The second-order valence-electron chi connectivity index (χ2n) is 2.71. The predicted molar refractivity (Wildman–Crippen MR) is 52.9 cm³/mol. The van der Waals surface area contributed by atoms with Gasteiger partial charge < -0.3 is 0 Å². The Morgan fingerprint density at radius 3 is 2.69 bits per heavy atom. The van der Waals surface area contributed by atoms with Crippen molar-refractivity contribution in [3.05, 3.63) is 18.2 Å². The molecule has 1 aromatic rings. The normalized spacial score (nSPS) is 8.54. The number of imidazole rings is 1. The Hall–Kier alpha value is -0.168. The molecule has 0 spiro atoms. The number of aromatic nitrogens is 2. The van der Waals surface area contributed by atoms with Gasteiger partial charge in [-0.1, -0.05) is 13.3 Å². The molecular formula is C8H15AlClN2O+. The molecule has 1 rings (SSSR count). The van der Waals surface area contributed by atoms with Crippen LogP contribution in [0.3, 0.4) is 0 Å². The van der Waals surface area contributed by atoms with Gasteiger partial charge >= 0.3 is 28.1 Å². The summed E-state index contributed by atoms with van der Waals surface area (Å²) in [5, 5.41) is 0. The van der Waals surface area contributed by atoms with E-state index in [9.17, 15) is 0 Å². The van der Waals surface area contributed by atoms with Crippen LogP contribution >= 0.6 is 10.0 Å². The summed E-state index contributed by atoms with van der Waals surface area (Å²) in [7, 11) is 6.60. The number of aryl methyl sites for hydroxylation is 2.